The molecule has 0 aromatic heterocycles. The lowest BCUT2D eigenvalue weighted by Gasteiger charge is -2.07. The first-order chi connectivity index (χ1) is 10.6. The molecule has 0 fully saturated rings. The van der Waals surface area contributed by atoms with E-state index in [1.165, 1.54) is 24.3 Å². The zero-order valence-corrected chi connectivity index (χ0v) is 13.2. The average Bonchev–Trinajstić information content (AvgIpc) is 2.52. The fourth-order valence-corrected chi connectivity index (χ4v) is 2.02. The van der Waals surface area contributed by atoms with Crippen LogP contribution < -0.4 is 10.6 Å². The van der Waals surface area contributed by atoms with Gasteiger partial charge in [-0.15, -0.1) is 0 Å². The van der Waals surface area contributed by atoms with Crippen LogP contribution in [0.1, 0.15) is 20.7 Å². The molecule has 2 amide bonds. The summed E-state index contributed by atoms with van der Waals surface area (Å²) in [6.45, 7) is 0.598. The Balaban J connectivity index is 1.74. The third-order valence-corrected chi connectivity index (χ3v) is 3.44. The first kappa shape index (κ1) is 16.2. The SMILES string of the molecule is O=C(NCCNC(=O)c1ccc(Br)cc1)c1ccc(F)cc1. The van der Waals surface area contributed by atoms with Gasteiger partial charge in [-0.25, -0.2) is 4.39 Å². The van der Waals surface area contributed by atoms with E-state index in [2.05, 4.69) is 26.6 Å². The van der Waals surface area contributed by atoms with Crippen LogP contribution in [0.25, 0.3) is 0 Å². The van der Waals surface area contributed by atoms with Crippen molar-refractivity contribution in [3.63, 3.8) is 0 Å². The van der Waals surface area contributed by atoms with Crippen molar-refractivity contribution in [3.8, 4) is 0 Å². The van der Waals surface area contributed by atoms with Crippen molar-refractivity contribution >= 4 is 27.7 Å². The van der Waals surface area contributed by atoms with Gasteiger partial charge in [0, 0.05) is 28.7 Å². The van der Waals surface area contributed by atoms with Crippen LogP contribution >= 0.6 is 15.9 Å². The summed E-state index contributed by atoms with van der Waals surface area (Å²) in [5, 5.41) is 5.36. The minimum absolute atomic E-state index is 0.205. The van der Waals surface area contributed by atoms with Gasteiger partial charge in [0.1, 0.15) is 5.82 Å². The highest BCUT2D eigenvalue weighted by atomic mass is 79.9. The number of rotatable bonds is 5. The molecule has 0 unspecified atom stereocenters. The Labute approximate surface area is 135 Å². The quantitative estimate of drug-likeness (QED) is 0.801. The van der Waals surface area contributed by atoms with Gasteiger partial charge < -0.3 is 10.6 Å². The Hall–Kier alpha value is -2.21. The highest BCUT2D eigenvalue weighted by Crippen LogP contribution is 2.10. The Morgan fingerprint density at radius 3 is 1.68 bits per heavy atom. The fraction of sp³-hybridized carbons (Fsp3) is 0.125. The van der Waals surface area contributed by atoms with Gasteiger partial charge in [0.05, 0.1) is 0 Å². The first-order valence-electron chi connectivity index (χ1n) is 6.64. The maximum absolute atomic E-state index is 12.7. The minimum atomic E-state index is -0.390. The van der Waals surface area contributed by atoms with E-state index in [0.29, 0.717) is 24.2 Å². The smallest absolute Gasteiger partial charge is 0.251 e. The predicted molar refractivity (Wildman–Crippen MR) is 85.2 cm³/mol. The van der Waals surface area contributed by atoms with Gasteiger partial charge in [-0.05, 0) is 48.5 Å². The molecule has 0 aliphatic rings. The molecule has 2 N–H and O–H groups in total. The van der Waals surface area contributed by atoms with Crippen LogP contribution in [0, 0.1) is 5.82 Å². The zero-order chi connectivity index (χ0) is 15.9. The number of hydrogen-bond acceptors (Lipinski definition) is 2. The molecule has 0 aliphatic carbocycles. The standard InChI is InChI=1S/C16H14BrFN2O2/c17-13-5-1-11(2-6-13)15(21)19-9-10-20-16(22)12-3-7-14(18)8-4-12/h1-8H,9-10H2,(H,19,21)(H,20,22). The van der Waals surface area contributed by atoms with E-state index in [1.807, 2.05) is 0 Å². The third-order valence-electron chi connectivity index (χ3n) is 2.91. The van der Waals surface area contributed by atoms with E-state index in [-0.39, 0.29) is 11.8 Å². The molecule has 6 heteroatoms. The van der Waals surface area contributed by atoms with Crippen LogP contribution in [-0.2, 0) is 0 Å². The van der Waals surface area contributed by atoms with Crippen molar-refractivity contribution in [3.05, 3.63) is 69.9 Å². The van der Waals surface area contributed by atoms with E-state index in [1.54, 1.807) is 24.3 Å². The van der Waals surface area contributed by atoms with E-state index >= 15 is 0 Å². The molecule has 2 aromatic rings. The number of hydrogen-bond donors (Lipinski definition) is 2. The molecule has 0 heterocycles. The Kier molecular flexibility index (Phi) is 5.66. The summed E-state index contributed by atoms with van der Waals surface area (Å²) in [4.78, 5) is 23.6. The van der Waals surface area contributed by atoms with Crippen molar-refractivity contribution in [2.24, 2.45) is 0 Å². The van der Waals surface area contributed by atoms with Crippen LogP contribution in [0.2, 0.25) is 0 Å². The van der Waals surface area contributed by atoms with Crippen LogP contribution in [0.15, 0.2) is 53.0 Å². The van der Waals surface area contributed by atoms with E-state index in [4.69, 9.17) is 0 Å². The topological polar surface area (TPSA) is 58.2 Å². The first-order valence-corrected chi connectivity index (χ1v) is 7.43. The highest BCUT2D eigenvalue weighted by molar-refractivity contribution is 9.10. The van der Waals surface area contributed by atoms with Gasteiger partial charge >= 0.3 is 0 Å². The van der Waals surface area contributed by atoms with Gasteiger partial charge in [-0.2, -0.15) is 0 Å². The highest BCUT2D eigenvalue weighted by Gasteiger charge is 2.06. The number of halogens is 2. The average molecular weight is 365 g/mol. The Bertz CT molecular complexity index is 597. The number of carbonyl (C=O) groups excluding carboxylic acids is 2. The molecule has 2 aromatic carbocycles. The molecule has 4 nitrogen and oxygen atoms in total. The van der Waals surface area contributed by atoms with Crippen molar-refractivity contribution in [1.29, 1.82) is 0 Å². The van der Waals surface area contributed by atoms with Crippen LogP contribution in [-0.4, -0.2) is 24.9 Å². The van der Waals surface area contributed by atoms with Crippen molar-refractivity contribution in [2.75, 3.05) is 13.1 Å². The third kappa shape index (κ3) is 4.66. The largest absolute Gasteiger partial charge is 0.350 e. The molecule has 22 heavy (non-hydrogen) atoms. The molecule has 0 radical (unpaired) electrons. The summed E-state index contributed by atoms with van der Waals surface area (Å²) in [5.74, 6) is -0.903. The summed E-state index contributed by atoms with van der Waals surface area (Å²) in [5.41, 5.74) is 0.925. The molecule has 0 atom stereocenters. The van der Waals surface area contributed by atoms with Gasteiger partial charge in [0.25, 0.3) is 11.8 Å². The van der Waals surface area contributed by atoms with Crippen molar-refractivity contribution < 1.29 is 14.0 Å². The summed E-state index contributed by atoms with van der Waals surface area (Å²) in [6, 6.07) is 12.2. The molecular formula is C16H14BrFN2O2. The Morgan fingerprint density at radius 2 is 1.23 bits per heavy atom. The monoisotopic (exact) mass is 364 g/mol. The van der Waals surface area contributed by atoms with E-state index in [9.17, 15) is 14.0 Å². The van der Waals surface area contributed by atoms with Crippen LogP contribution in [0.4, 0.5) is 4.39 Å². The summed E-state index contributed by atoms with van der Waals surface area (Å²) < 4.78 is 13.6. The summed E-state index contributed by atoms with van der Waals surface area (Å²) in [6.07, 6.45) is 0. The maximum atomic E-state index is 12.7. The molecule has 2 rings (SSSR count). The second kappa shape index (κ2) is 7.70. The molecule has 0 aliphatic heterocycles. The Morgan fingerprint density at radius 1 is 0.818 bits per heavy atom. The molecular weight excluding hydrogens is 351 g/mol. The normalized spacial score (nSPS) is 10.1. The fourth-order valence-electron chi connectivity index (χ4n) is 1.76. The number of carbonyl (C=O) groups is 2. The lowest BCUT2D eigenvalue weighted by Crippen LogP contribution is -2.34. The summed E-state index contributed by atoms with van der Waals surface area (Å²) in [7, 11) is 0. The zero-order valence-electron chi connectivity index (χ0n) is 11.6. The van der Waals surface area contributed by atoms with Crippen molar-refractivity contribution in [1.82, 2.24) is 10.6 Å². The predicted octanol–water partition coefficient (Wildman–Crippen LogP) is 2.75. The van der Waals surface area contributed by atoms with E-state index in [0.717, 1.165) is 4.47 Å². The lowest BCUT2D eigenvalue weighted by atomic mass is 10.2. The second-order valence-corrected chi connectivity index (χ2v) is 5.44. The molecule has 0 spiro atoms. The molecule has 114 valence electrons. The molecule has 0 saturated heterocycles. The minimum Gasteiger partial charge on any atom is -0.350 e. The number of nitrogens with one attached hydrogen (secondary N) is 2. The van der Waals surface area contributed by atoms with E-state index < -0.39 is 5.82 Å². The van der Waals surface area contributed by atoms with Crippen LogP contribution in [0.3, 0.4) is 0 Å². The van der Waals surface area contributed by atoms with Gasteiger partial charge in [0.15, 0.2) is 0 Å². The second-order valence-electron chi connectivity index (χ2n) is 4.53. The van der Waals surface area contributed by atoms with Gasteiger partial charge in [-0.1, -0.05) is 15.9 Å². The lowest BCUT2D eigenvalue weighted by molar-refractivity contribution is 0.0927. The molecule has 0 saturated carbocycles. The van der Waals surface area contributed by atoms with Gasteiger partial charge in [-0.3, -0.25) is 9.59 Å². The maximum Gasteiger partial charge on any atom is 0.251 e. The van der Waals surface area contributed by atoms with Gasteiger partial charge in [0.2, 0.25) is 0 Å². The summed E-state index contributed by atoms with van der Waals surface area (Å²) >= 11 is 3.30. The van der Waals surface area contributed by atoms with Crippen molar-refractivity contribution in [2.45, 2.75) is 0 Å². The molecule has 0 bridgehead atoms. The van der Waals surface area contributed by atoms with Crippen LogP contribution in [0.5, 0.6) is 0 Å². The number of amides is 2. The number of benzene rings is 2.